The largest absolute Gasteiger partial charge is 0.481 e. The van der Waals surface area contributed by atoms with Crippen molar-refractivity contribution in [3.8, 4) is 0 Å². The normalized spacial score (nSPS) is 24.5. The maximum atomic E-state index is 11.8. The minimum absolute atomic E-state index is 0.128. The first kappa shape index (κ1) is 16.5. The monoisotopic (exact) mass is 374 g/mol. The van der Waals surface area contributed by atoms with Gasteiger partial charge in [0.25, 0.3) is 0 Å². The second-order valence-electron chi connectivity index (χ2n) is 5.75. The highest BCUT2D eigenvalue weighted by Crippen LogP contribution is 2.38. The molecule has 1 fully saturated rings. The summed E-state index contributed by atoms with van der Waals surface area (Å²) >= 11 is 3.34. The summed E-state index contributed by atoms with van der Waals surface area (Å²) in [6, 6.07) is 7.24. The standard InChI is InChI=1S/C15H19BrO4S/c1-21(19,20)13-4-2-3-11(9-13)14(15(17)18)10-5-7-12(16)8-6-10/h5-8,11,13-14H,2-4,9H2,1H3,(H,17,18). The lowest BCUT2D eigenvalue weighted by molar-refractivity contribution is -0.140. The van der Waals surface area contributed by atoms with Crippen LogP contribution in [0.5, 0.6) is 0 Å². The topological polar surface area (TPSA) is 71.4 Å². The SMILES string of the molecule is CS(=O)(=O)C1CCCC(C(C(=O)O)c2ccc(Br)cc2)C1. The van der Waals surface area contributed by atoms with Gasteiger partial charge in [-0.1, -0.05) is 34.5 Å². The van der Waals surface area contributed by atoms with Gasteiger partial charge < -0.3 is 5.11 Å². The first-order valence-electron chi connectivity index (χ1n) is 6.96. The molecule has 0 spiro atoms. The summed E-state index contributed by atoms with van der Waals surface area (Å²) in [6.07, 6.45) is 3.85. The van der Waals surface area contributed by atoms with E-state index < -0.39 is 27.0 Å². The molecule has 21 heavy (non-hydrogen) atoms. The van der Waals surface area contributed by atoms with Crippen molar-refractivity contribution in [1.82, 2.24) is 0 Å². The predicted octanol–water partition coefficient (Wildman–Crippen LogP) is 3.22. The van der Waals surface area contributed by atoms with Gasteiger partial charge in [-0.25, -0.2) is 8.42 Å². The van der Waals surface area contributed by atoms with Crippen molar-refractivity contribution >= 4 is 31.7 Å². The lowest BCUT2D eigenvalue weighted by Gasteiger charge is -2.32. The van der Waals surface area contributed by atoms with Crippen LogP contribution in [0.4, 0.5) is 0 Å². The van der Waals surface area contributed by atoms with Crippen LogP contribution < -0.4 is 0 Å². The highest BCUT2D eigenvalue weighted by molar-refractivity contribution is 9.10. The predicted molar refractivity (Wildman–Crippen MR) is 85.1 cm³/mol. The number of benzene rings is 1. The molecule has 0 radical (unpaired) electrons. The molecule has 1 aromatic rings. The van der Waals surface area contributed by atoms with E-state index in [2.05, 4.69) is 15.9 Å². The first-order valence-corrected chi connectivity index (χ1v) is 9.71. The van der Waals surface area contributed by atoms with E-state index >= 15 is 0 Å². The van der Waals surface area contributed by atoms with Crippen LogP contribution in [0.3, 0.4) is 0 Å². The fraction of sp³-hybridized carbons (Fsp3) is 0.533. The van der Waals surface area contributed by atoms with Gasteiger partial charge in [0.15, 0.2) is 0 Å². The molecule has 0 aliphatic heterocycles. The number of hydrogen-bond acceptors (Lipinski definition) is 3. The van der Waals surface area contributed by atoms with Gasteiger partial charge in [0.2, 0.25) is 0 Å². The van der Waals surface area contributed by atoms with Gasteiger partial charge in [-0.2, -0.15) is 0 Å². The first-order chi connectivity index (χ1) is 9.79. The molecule has 1 aliphatic rings. The number of carboxylic acids is 1. The number of carbonyl (C=O) groups is 1. The molecule has 6 heteroatoms. The van der Waals surface area contributed by atoms with Crippen LogP contribution in [0.2, 0.25) is 0 Å². The van der Waals surface area contributed by atoms with E-state index in [0.29, 0.717) is 12.8 Å². The van der Waals surface area contributed by atoms with Gasteiger partial charge in [-0.05, 0) is 42.9 Å². The van der Waals surface area contributed by atoms with Crippen LogP contribution in [0.25, 0.3) is 0 Å². The van der Waals surface area contributed by atoms with Crippen molar-refractivity contribution in [1.29, 1.82) is 0 Å². The van der Waals surface area contributed by atoms with E-state index in [-0.39, 0.29) is 5.92 Å². The second kappa shape index (κ2) is 6.48. The molecule has 1 aromatic carbocycles. The summed E-state index contributed by atoms with van der Waals surface area (Å²) in [4.78, 5) is 11.7. The third-order valence-electron chi connectivity index (χ3n) is 4.24. The number of aliphatic carboxylic acids is 1. The lowest BCUT2D eigenvalue weighted by atomic mass is 9.76. The van der Waals surface area contributed by atoms with Crippen molar-refractivity contribution in [2.75, 3.05) is 6.26 Å². The average molecular weight is 375 g/mol. The minimum Gasteiger partial charge on any atom is -0.481 e. The van der Waals surface area contributed by atoms with Crippen LogP contribution in [-0.2, 0) is 14.6 Å². The van der Waals surface area contributed by atoms with E-state index in [1.807, 2.05) is 12.1 Å². The summed E-state index contributed by atoms with van der Waals surface area (Å²) in [5, 5.41) is 9.17. The Hall–Kier alpha value is -0.880. The van der Waals surface area contributed by atoms with Crippen LogP contribution in [0, 0.1) is 5.92 Å². The molecule has 0 bridgehead atoms. The van der Waals surface area contributed by atoms with Gasteiger partial charge in [-0.3, -0.25) is 4.79 Å². The quantitative estimate of drug-likeness (QED) is 0.877. The van der Waals surface area contributed by atoms with E-state index in [1.165, 1.54) is 6.26 Å². The Labute approximate surface area is 133 Å². The molecule has 0 saturated heterocycles. The number of carboxylic acid groups (broad SMARTS) is 1. The van der Waals surface area contributed by atoms with Crippen molar-refractivity contribution < 1.29 is 18.3 Å². The molecular formula is C15H19BrO4S. The minimum atomic E-state index is -3.11. The van der Waals surface area contributed by atoms with Gasteiger partial charge in [0.1, 0.15) is 9.84 Å². The Balaban J connectivity index is 2.26. The Morgan fingerprint density at radius 2 is 1.90 bits per heavy atom. The van der Waals surface area contributed by atoms with Crippen LogP contribution in [0.15, 0.2) is 28.7 Å². The Morgan fingerprint density at radius 3 is 2.43 bits per heavy atom. The summed E-state index contributed by atoms with van der Waals surface area (Å²) in [7, 11) is -3.11. The van der Waals surface area contributed by atoms with Crippen LogP contribution in [0.1, 0.15) is 37.2 Å². The van der Waals surface area contributed by atoms with Crippen molar-refractivity contribution in [2.24, 2.45) is 5.92 Å². The molecule has 0 heterocycles. The van der Waals surface area contributed by atoms with Crippen LogP contribution >= 0.6 is 15.9 Å². The van der Waals surface area contributed by atoms with Crippen molar-refractivity contribution in [3.05, 3.63) is 34.3 Å². The summed E-state index contributed by atoms with van der Waals surface area (Å²) in [5.74, 6) is -1.64. The van der Waals surface area contributed by atoms with Gasteiger partial charge in [-0.15, -0.1) is 0 Å². The molecule has 0 amide bonds. The number of hydrogen-bond donors (Lipinski definition) is 1. The molecule has 3 unspecified atom stereocenters. The van der Waals surface area contributed by atoms with E-state index in [0.717, 1.165) is 22.9 Å². The molecule has 1 saturated carbocycles. The zero-order valence-electron chi connectivity index (χ0n) is 11.8. The number of sulfone groups is 1. The Morgan fingerprint density at radius 1 is 1.29 bits per heavy atom. The third kappa shape index (κ3) is 4.07. The fourth-order valence-electron chi connectivity index (χ4n) is 3.16. The van der Waals surface area contributed by atoms with Crippen LogP contribution in [-0.4, -0.2) is 31.0 Å². The molecule has 4 nitrogen and oxygen atoms in total. The lowest BCUT2D eigenvalue weighted by Crippen LogP contribution is -2.32. The van der Waals surface area contributed by atoms with E-state index in [1.54, 1.807) is 12.1 Å². The smallest absolute Gasteiger partial charge is 0.311 e. The molecule has 1 aliphatic carbocycles. The van der Waals surface area contributed by atoms with Crippen molar-refractivity contribution in [2.45, 2.75) is 36.9 Å². The summed E-state index contributed by atoms with van der Waals surface area (Å²) < 4.78 is 24.4. The number of halogens is 1. The maximum absolute atomic E-state index is 11.8. The fourth-order valence-corrected chi connectivity index (χ4v) is 4.62. The Bertz CT molecular complexity index is 609. The zero-order valence-corrected chi connectivity index (χ0v) is 14.2. The maximum Gasteiger partial charge on any atom is 0.311 e. The van der Waals surface area contributed by atoms with Crippen molar-refractivity contribution in [3.63, 3.8) is 0 Å². The van der Waals surface area contributed by atoms with Gasteiger partial charge in [0, 0.05) is 10.7 Å². The molecule has 3 atom stereocenters. The zero-order chi connectivity index (χ0) is 15.6. The molecule has 0 aromatic heterocycles. The van der Waals surface area contributed by atoms with E-state index in [4.69, 9.17) is 0 Å². The average Bonchev–Trinajstić information content (AvgIpc) is 2.40. The summed E-state index contributed by atoms with van der Waals surface area (Å²) in [5.41, 5.74) is 0.741. The molecular weight excluding hydrogens is 356 g/mol. The third-order valence-corrected chi connectivity index (χ3v) is 6.41. The molecule has 116 valence electrons. The molecule has 1 N–H and O–H groups in total. The Kier molecular flexibility index (Phi) is 5.09. The number of rotatable bonds is 4. The second-order valence-corrected chi connectivity index (χ2v) is 8.99. The molecule has 2 rings (SSSR count). The highest BCUT2D eigenvalue weighted by Gasteiger charge is 2.36. The van der Waals surface area contributed by atoms with Gasteiger partial charge in [0.05, 0.1) is 11.2 Å². The summed E-state index contributed by atoms with van der Waals surface area (Å²) in [6.45, 7) is 0. The van der Waals surface area contributed by atoms with Gasteiger partial charge >= 0.3 is 5.97 Å². The van der Waals surface area contributed by atoms with E-state index in [9.17, 15) is 18.3 Å². The highest BCUT2D eigenvalue weighted by atomic mass is 79.9.